The van der Waals surface area contributed by atoms with Crippen LogP contribution in [0.3, 0.4) is 0 Å². The van der Waals surface area contributed by atoms with E-state index in [0.29, 0.717) is 13.0 Å². The number of furan rings is 1. The highest BCUT2D eigenvalue weighted by atomic mass is 16.3. The van der Waals surface area contributed by atoms with Crippen molar-refractivity contribution in [3.8, 4) is 0 Å². The summed E-state index contributed by atoms with van der Waals surface area (Å²) in [6.07, 6.45) is 3.18. The minimum atomic E-state index is 0.126. The Morgan fingerprint density at radius 2 is 1.96 bits per heavy atom. The van der Waals surface area contributed by atoms with Crippen molar-refractivity contribution in [1.82, 2.24) is 5.32 Å². The molecule has 1 fully saturated rings. The van der Waals surface area contributed by atoms with E-state index in [-0.39, 0.29) is 11.9 Å². The summed E-state index contributed by atoms with van der Waals surface area (Å²) in [5.41, 5.74) is 1.28. The number of amides is 1. The van der Waals surface area contributed by atoms with Gasteiger partial charge in [0.25, 0.3) is 0 Å². The fourth-order valence-corrected chi connectivity index (χ4v) is 3.51. The van der Waals surface area contributed by atoms with Crippen molar-refractivity contribution in [3.63, 3.8) is 0 Å². The summed E-state index contributed by atoms with van der Waals surface area (Å²) in [5, 5.41) is 3.08. The van der Waals surface area contributed by atoms with Crippen LogP contribution in [0.2, 0.25) is 0 Å². The van der Waals surface area contributed by atoms with Crippen LogP contribution in [0.1, 0.15) is 31.6 Å². The molecule has 25 heavy (non-hydrogen) atoms. The number of rotatable bonds is 7. The van der Waals surface area contributed by atoms with Crippen molar-refractivity contribution in [1.29, 1.82) is 0 Å². The van der Waals surface area contributed by atoms with Gasteiger partial charge in [-0.1, -0.05) is 25.1 Å². The fourth-order valence-electron chi connectivity index (χ4n) is 3.51. The highest BCUT2D eigenvalue weighted by Gasteiger charge is 2.30. The predicted octanol–water partition coefficient (Wildman–Crippen LogP) is 1.64. The van der Waals surface area contributed by atoms with Gasteiger partial charge < -0.3 is 19.5 Å². The number of hydrogen-bond donors (Lipinski definition) is 2. The van der Waals surface area contributed by atoms with Crippen molar-refractivity contribution >= 4 is 11.6 Å². The summed E-state index contributed by atoms with van der Waals surface area (Å²) in [6.45, 7) is 6.75. The van der Waals surface area contributed by atoms with Crippen LogP contribution in [0.5, 0.6) is 0 Å². The normalized spacial score (nSPS) is 16.6. The minimum Gasteiger partial charge on any atom is -0.463 e. The number of nitrogens with zero attached hydrogens (tertiary/aromatic N) is 1. The number of nitrogens with one attached hydrogen (secondary N) is 2. The lowest BCUT2D eigenvalue weighted by Crippen LogP contribution is -3.15. The smallest absolute Gasteiger partial charge is 0.220 e. The molecule has 2 aromatic rings. The Hall–Kier alpha value is -2.27. The number of hydrogen-bond acceptors (Lipinski definition) is 3. The number of carbonyl (C=O) groups excluding carboxylic acids is 1. The molecule has 0 unspecified atom stereocenters. The zero-order valence-corrected chi connectivity index (χ0v) is 14.9. The first-order valence-corrected chi connectivity index (χ1v) is 9.22. The largest absolute Gasteiger partial charge is 0.463 e. The average Bonchev–Trinajstić information content (AvgIpc) is 3.18. The Labute approximate surface area is 149 Å². The highest BCUT2D eigenvalue weighted by molar-refractivity contribution is 5.75. The minimum absolute atomic E-state index is 0.126. The summed E-state index contributed by atoms with van der Waals surface area (Å²) >= 11 is 0. The van der Waals surface area contributed by atoms with Gasteiger partial charge in [-0.3, -0.25) is 4.79 Å². The lowest BCUT2D eigenvalue weighted by molar-refractivity contribution is -0.932. The molecule has 0 bridgehead atoms. The molecule has 2 N–H and O–H groups in total. The first-order valence-electron chi connectivity index (χ1n) is 9.22. The van der Waals surface area contributed by atoms with Gasteiger partial charge in [0.2, 0.25) is 5.91 Å². The summed E-state index contributed by atoms with van der Waals surface area (Å²) in [5.74, 6) is 1.08. The molecule has 2 heterocycles. The van der Waals surface area contributed by atoms with Crippen LogP contribution >= 0.6 is 0 Å². The molecule has 134 valence electrons. The molecular formula is C20H28N3O2+. The Morgan fingerprint density at radius 3 is 2.60 bits per heavy atom. The second-order valence-electron chi connectivity index (χ2n) is 6.60. The standard InChI is InChI=1S/C20H27N3O2/c1-2-7-20(24)21-16-18(19-10-6-15-25-19)23-13-11-22(12-14-23)17-8-4-3-5-9-17/h3-6,8-10,15,18H,2,7,11-14,16H2,1H3,(H,21,24)/p+1/t18-/m0/s1. The monoisotopic (exact) mass is 342 g/mol. The van der Waals surface area contributed by atoms with E-state index < -0.39 is 0 Å². The Bertz CT molecular complexity index is 634. The number of piperazine rings is 1. The summed E-state index contributed by atoms with van der Waals surface area (Å²) in [4.78, 5) is 15.8. The maximum absolute atomic E-state index is 11.9. The quantitative estimate of drug-likeness (QED) is 0.804. The lowest BCUT2D eigenvalue weighted by Gasteiger charge is -2.37. The van der Waals surface area contributed by atoms with E-state index in [4.69, 9.17) is 4.42 Å². The molecule has 1 aliphatic rings. The molecule has 0 aliphatic carbocycles. The number of quaternary nitrogens is 1. The molecule has 1 amide bonds. The average molecular weight is 342 g/mol. The molecule has 5 nitrogen and oxygen atoms in total. The Kier molecular flexibility index (Phi) is 6.12. The molecule has 0 spiro atoms. The van der Waals surface area contributed by atoms with Gasteiger partial charge in [-0.05, 0) is 30.7 Å². The Balaban J connectivity index is 1.61. The molecule has 1 atom stereocenters. The van der Waals surface area contributed by atoms with Crippen molar-refractivity contribution in [2.75, 3.05) is 37.6 Å². The molecule has 1 aliphatic heterocycles. The van der Waals surface area contributed by atoms with Crippen LogP contribution in [0, 0.1) is 0 Å². The molecule has 0 radical (unpaired) electrons. The molecule has 1 aromatic carbocycles. The summed E-state index contributed by atoms with van der Waals surface area (Å²) in [6, 6.07) is 14.7. The van der Waals surface area contributed by atoms with E-state index in [1.807, 2.05) is 19.1 Å². The van der Waals surface area contributed by atoms with E-state index in [1.54, 1.807) is 6.26 Å². The number of para-hydroxylation sites is 1. The number of carbonyl (C=O) groups is 1. The zero-order chi connectivity index (χ0) is 17.5. The lowest BCUT2D eigenvalue weighted by atomic mass is 10.1. The maximum atomic E-state index is 11.9. The first kappa shape index (κ1) is 17.5. The SMILES string of the molecule is CCCC(=O)NC[C@@H](c1ccco1)[NH+]1CCN(c2ccccc2)CC1. The maximum Gasteiger partial charge on any atom is 0.220 e. The molecule has 1 saturated heterocycles. The third kappa shape index (κ3) is 4.63. The van der Waals surface area contributed by atoms with Gasteiger partial charge in [-0.25, -0.2) is 0 Å². The third-order valence-corrected chi connectivity index (χ3v) is 4.89. The van der Waals surface area contributed by atoms with Gasteiger partial charge in [0.15, 0.2) is 11.8 Å². The number of anilines is 1. The third-order valence-electron chi connectivity index (χ3n) is 4.89. The van der Waals surface area contributed by atoms with E-state index in [0.717, 1.165) is 38.4 Å². The molecule has 1 aromatic heterocycles. The van der Waals surface area contributed by atoms with E-state index in [2.05, 4.69) is 40.5 Å². The van der Waals surface area contributed by atoms with Crippen LogP contribution in [0.25, 0.3) is 0 Å². The summed E-state index contributed by atoms with van der Waals surface area (Å²) in [7, 11) is 0. The van der Waals surface area contributed by atoms with Crippen LogP contribution in [-0.2, 0) is 4.79 Å². The van der Waals surface area contributed by atoms with Crippen LogP contribution in [0.15, 0.2) is 53.1 Å². The van der Waals surface area contributed by atoms with Crippen molar-refractivity contribution in [2.24, 2.45) is 0 Å². The van der Waals surface area contributed by atoms with Crippen molar-refractivity contribution < 1.29 is 14.1 Å². The van der Waals surface area contributed by atoms with Gasteiger partial charge in [0.1, 0.15) is 0 Å². The second-order valence-corrected chi connectivity index (χ2v) is 6.60. The molecule has 5 heteroatoms. The van der Waals surface area contributed by atoms with E-state index in [9.17, 15) is 4.79 Å². The van der Waals surface area contributed by atoms with Gasteiger partial charge in [0, 0.05) is 12.1 Å². The van der Waals surface area contributed by atoms with Crippen LogP contribution in [0.4, 0.5) is 5.69 Å². The first-order chi connectivity index (χ1) is 12.3. The molecule has 0 saturated carbocycles. The van der Waals surface area contributed by atoms with Crippen LogP contribution < -0.4 is 15.1 Å². The van der Waals surface area contributed by atoms with Gasteiger partial charge in [-0.15, -0.1) is 0 Å². The van der Waals surface area contributed by atoms with Gasteiger partial charge in [0.05, 0.1) is 39.0 Å². The highest BCUT2D eigenvalue weighted by Crippen LogP contribution is 2.14. The van der Waals surface area contributed by atoms with Gasteiger partial charge in [-0.2, -0.15) is 0 Å². The topological polar surface area (TPSA) is 49.9 Å². The van der Waals surface area contributed by atoms with Crippen molar-refractivity contribution in [3.05, 3.63) is 54.5 Å². The zero-order valence-electron chi connectivity index (χ0n) is 14.9. The predicted molar refractivity (Wildman–Crippen MR) is 98.7 cm³/mol. The second kappa shape index (κ2) is 8.72. The molecule has 3 rings (SSSR count). The number of benzene rings is 1. The fraction of sp³-hybridized carbons (Fsp3) is 0.450. The van der Waals surface area contributed by atoms with Crippen LogP contribution in [-0.4, -0.2) is 38.6 Å². The summed E-state index contributed by atoms with van der Waals surface area (Å²) < 4.78 is 5.67. The molecular weight excluding hydrogens is 314 g/mol. The van der Waals surface area contributed by atoms with Gasteiger partial charge >= 0.3 is 0 Å². The van der Waals surface area contributed by atoms with E-state index >= 15 is 0 Å². The van der Waals surface area contributed by atoms with E-state index in [1.165, 1.54) is 10.6 Å². The Morgan fingerprint density at radius 1 is 1.20 bits per heavy atom. The van der Waals surface area contributed by atoms with Crippen molar-refractivity contribution in [2.45, 2.75) is 25.8 Å².